The topological polar surface area (TPSA) is 66.5 Å². The van der Waals surface area contributed by atoms with Gasteiger partial charge in [0.1, 0.15) is 5.82 Å². The number of sulfonamides is 1. The SMILES string of the molecule is CC(=O)N1CCc2ccc(NS(=O)(=O)c3ccc(F)c(Cl)c3)cc2C1. The number of rotatable bonds is 3. The smallest absolute Gasteiger partial charge is 0.261 e. The van der Waals surface area contributed by atoms with E-state index >= 15 is 0 Å². The molecular weight excluding hydrogens is 367 g/mol. The molecule has 1 amide bonds. The molecule has 132 valence electrons. The van der Waals surface area contributed by atoms with Gasteiger partial charge >= 0.3 is 0 Å². The van der Waals surface area contributed by atoms with Crippen molar-refractivity contribution in [1.82, 2.24) is 4.90 Å². The Kier molecular flexibility index (Phi) is 4.71. The van der Waals surface area contributed by atoms with Gasteiger partial charge in [-0.25, -0.2) is 12.8 Å². The number of halogens is 2. The van der Waals surface area contributed by atoms with Crippen molar-refractivity contribution in [3.8, 4) is 0 Å². The minimum atomic E-state index is -3.89. The Bertz CT molecular complexity index is 947. The van der Waals surface area contributed by atoms with E-state index in [1.54, 1.807) is 17.0 Å². The second kappa shape index (κ2) is 6.65. The number of hydrogen-bond donors (Lipinski definition) is 1. The fraction of sp³-hybridized carbons (Fsp3) is 0.235. The van der Waals surface area contributed by atoms with Crippen molar-refractivity contribution >= 4 is 33.2 Å². The van der Waals surface area contributed by atoms with Crippen LogP contribution in [0, 0.1) is 5.82 Å². The van der Waals surface area contributed by atoms with Crippen LogP contribution in [0.2, 0.25) is 5.02 Å². The Balaban J connectivity index is 1.87. The summed E-state index contributed by atoms with van der Waals surface area (Å²) in [6, 6.07) is 8.46. The number of amides is 1. The highest BCUT2D eigenvalue weighted by atomic mass is 35.5. The standard InChI is InChI=1S/C17H16ClFN2O3S/c1-11(22)21-7-6-12-2-3-14(8-13(12)10-21)20-25(23,24)15-4-5-17(19)16(18)9-15/h2-5,8-9,20H,6-7,10H2,1H3. The zero-order valence-electron chi connectivity index (χ0n) is 13.4. The van der Waals surface area contributed by atoms with Gasteiger partial charge in [0.15, 0.2) is 0 Å². The summed E-state index contributed by atoms with van der Waals surface area (Å²) in [5.41, 5.74) is 2.37. The maximum absolute atomic E-state index is 13.2. The minimum absolute atomic E-state index is 0.0161. The molecule has 0 aromatic heterocycles. The summed E-state index contributed by atoms with van der Waals surface area (Å²) in [4.78, 5) is 13.1. The average Bonchev–Trinajstić information content (AvgIpc) is 2.56. The molecule has 0 atom stereocenters. The number of carbonyl (C=O) groups is 1. The van der Waals surface area contributed by atoms with Gasteiger partial charge in [0.05, 0.1) is 9.92 Å². The van der Waals surface area contributed by atoms with Crippen molar-refractivity contribution in [1.29, 1.82) is 0 Å². The highest BCUT2D eigenvalue weighted by Gasteiger charge is 2.20. The van der Waals surface area contributed by atoms with E-state index in [-0.39, 0.29) is 15.8 Å². The van der Waals surface area contributed by atoms with Gasteiger partial charge in [0.25, 0.3) is 10.0 Å². The molecule has 0 saturated heterocycles. The number of hydrogen-bond acceptors (Lipinski definition) is 3. The first-order valence-electron chi connectivity index (χ1n) is 7.61. The number of carbonyl (C=O) groups excluding carboxylic acids is 1. The lowest BCUT2D eigenvalue weighted by Gasteiger charge is -2.28. The monoisotopic (exact) mass is 382 g/mol. The molecule has 2 aromatic rings. The third kappa shape index (κ3) is 3.77. The summed E-state index contributed by atoms with van der Waals surface area (Å²) in [5.74, 6) is -0.698. The molecule has 1 aliphatic heterocycles. The van der Waals surface area contributed by atoms with Crippen molar-refractivity contribution in [3.63, 3.8) is 0 Å². The Labute approximate surface area is 150 Å². The maximum Gasteiger partial charge on any atom is 0.261 e. The van der Waals surface area contributed by atoms with Crippen LogP contribution in [0.3, 0.4) is 0 Å². The van der Waals surface area contributed by atoms with Crippen molar-refractivity contribution in [2.75, 3.05) is 11.3 Å². The van der Waals surface area contributed by atoms with Gasteiger partial charge in [0.2, 0.25) is 5.91 Å². The molecule has 25 heavy (non-hydrogen) atoms. The van der Waals surface area contributed by atoms with Crippen molar-refractivity contribution < 1.29 is 17.6 Å². The predicted octanol–water partition coefficient (Wildman–Crippen LogP) is 3.18. The molecule has 0 bridgehead atoms. The molecular formula is C17H16ClFN2O3S. The first kappa shape index (κ1) is 17.7. The Morgan fingerprint density at radius 1 is 1.20 bits per heavy atom. The van der Waals surface area contributed by atoms with Crippen molar-refractivity contribution in [2.45, 2.75) is 24.8 Å². The van der Waals surface area contributed by atoms with E-state index < -0.39 is 15.8 Å². The predicted molar refractivity (Wildman–Crippen MR) is 93.5 cm³/mol. The highest BCUT2D eigenvalue weighted by Crippen LogP contribution is 2.25. The summed E-state index contributed by atoms with van der Waals surface area (Å²) in [7, 11) is -3.89. The minimum Gasteiger partial charge on any atom is -0.338 e. The van der Waals surface area contributed by atoms with E-state index in [9.17, 15) is 17.6 Å². The van der Waals surface area contributed by atoms with E-state index in [1.807, 2.05) is 6.07 Å². The van der Waals surface area contributed by atoms with Crippen LogP contribution in [0.15, 0.2) is 41.3 Å². The number of nitrogens with zero attached hydrogens (tertiary/aromatic N) is 1. The Morgan fingerprint density at radius 3 is 2.64 bits per heavy atom. The van der Waals surface area contributed by atoms with Crippen molar-refractivity contribution in [3.05, 3.63) is 58.4 Å². The lowest BCUT2D eigenvalue weighted by Crippen LogP contribution is -2.34. The van der Waals surface area contributed by atoms with Crippen LogP contribution in [0.5, 0.6) is 0 Å². The third-order valence-electron chi connectivity index (χ3n) is 4.12. The average molecular weight is 383 g/mol. The molecule has 1 aliphatic rings. The summed E-state index contributed by atoms with van der Waals surface area (Å²) in [6.45, 7) is 2.61. The third-order valence-corrected chi connectivity index (χ3v) is 5.79. The highest BCUT2D eigenvalue weighted by molar-refractivity contribution is 7.92. The fourth-order valence-electron chi connectivity index (χ4n) is 2.75. The summed E-state index contributed by atoms with van der Waals surface area (Å²) in [5, 5.41) is -0.259. The normalized spacial score (nSPS) is 14.1. The number of nitrogens with one attached hydrogen (secondary N) is 1. The molecule has 8 heteroatoms. The van der Waals surface area contributed by atoms with Gasteiger partial charge in [-0.3, -0.25) is 9.52 Å². The number of anilines is 1. The van der Waals surface area contributed by atoms with Crippen LogP contribution >= 0.6 is 11.6 Å². The zero-order chi connectivity index (χ0) is 18.2. The molecule has 0 saturated carbocycles. The van der Waals surface area contributed by atoms with E-state index in [0.29, 0.717) is 18.8 Å². The maximum atomic E-state index is 13.2. The lowest BCUT2D eigenvalue weighted by atomic mass is 9.99. The molecule has 0 spiro atoms. The molecule has 0 aliphatic carbocycles. The summed E-state index contributed by atoms with van der Waals surface area (Å²) in [6.07, 6.45) is 0.732. The molecule has 1 heterocycles. The zero-order valence-corrected chi connectivity index (χ0v) is 15.0. The van der Waals surface area contributed by atoms with E-state index in [4.69, 9.17) is 11.6 Å². The molecule has 5 nitrogen and oxygen atoms in total. The summed E-state index contributed by atoms with van der Waals surface area (Å²) >= 11 is 5.66. The number of fused-ring (bicyclic) bond motifs is 1. The van der Waals surface area contributed by atoms with Gasteiger partial charge in [-0.15, -0.1) is 0 Å². The van der Waals surface area contributed by atoms with Gasteiger partial charge in [0, 0.05) is 25.7 Å². The van der Waals surface area contributed by atoms with Crippen molar-refractivity contribution in [2.24, 2.45) is 0 Å². The molecule has 0 unspecified atom stereocenters. The Morgan fingerprint density at radius 2 is 1.96 bits per heavy atom. The molecule has 0 radical (unpaired) electrons. The second-order valence-electron chi connectivity index (χ2n) is 5.86. The van der Waals surface area contributed by atoms with Crippen LogP contribution < -0.4 is 4.72 Å². The number of benzene rings is 2. The van der Waals surface area contributed by atoms with E-state index in [0.717, 1.165) is 35.7 Å². The Hall–Kier alpha value is -2.12. The molecule has 3 rings (SSSR count). The first-order chi connectivity index (χ1) is 11.8. The van der Waals surface area contributed by atoms with Crippen LogP contribution in [-0.4, -0.2) is 25.8 Å². The van der Waals surface area contributed by atoms with Crippen LogP contribution in [-0.2, 0) is 27.8 Å². The quantitative estimate of drug-likeness (QED) is 0.886. The van der Waals surface area contributed by atoms with Gasteiger partial charge in [-0.1, -0.05) is 17.7 Å². The van der Waals surface area contributed by atoms with Crippen LogP contribution in [0.1, 0.15) is 18.1 Å². The second-order valence-corrected chi connectivity index (χ2v) is 7.95. The largest absolute Gasteiger partial charge is 0.338 e. The van der Waals surface area contributed by atoms with Gasteiger partial charge < -0.3 is 4.90 Å². The van der Waals surface area contributed by atoms with Crippen LogP contribution in [0.4, 0.5) is 10.1 Å². The molecule has 0 fully saturated rings. The molecule has 1 N–H and O–H groups in total. The van der Waals surface area contributed by atoms with Gasteiger partial charge in [-0.2, -0.15) is 0 Å². The summed E-state index contributed by atoms with van der Waals surface area (Å²) < 4.78 is 40.6. The van der Waals surface area contributed by atoms with Gasteiger partial charge in [-0.05, 0) is 47.9 Å². The van der Waals surface area contributed by atoms with Crippen LogP contribution in [0.25, 0.3) is 0 Å². The molecule has 2 aromatic carbocycles. The first-order valence-corrected chi connectivity index (χ1v) is 9.47. The lowest BCUT2D eigenvalue weighted by molar-refractivity contribution is -0.129. The fourth-order valence-corrected chi connectivity index (χ4v) is 4.07. The van der Waals surface area contributed by atoms with E-state index in [2.05, 4.69) is 4.72 Å². The van der Waals surface area contributed by atoms with E-state index in [1.165, 1.54) is 6.92 Å².